The summed E-state index contributed by atoms with van der Waals surface area (Å²) in [6.07, 6.45) is 0. The summed E-state index contributed by atoms with van der Waals surface area (Å²) in [7, 11) is 1.51. The maximum Gasteiger partial charge on any atom is 0.148 e. The van der Waals surface area contributed by atoms with Gasteiger partial charge in [-0.05, 0) is 41.2 Å². The van der Waals surface area contributed by atoms with Crippen LogP contribution in [-0.2, 0) is 0 Å². The maximum absolute atomic E-state index is 14.3. The zero-order valence-corrected chi connectivity index (χ0v) is 13.8. The van der Waals surface area contributed by atoms with Crippen molar-refractivity contribution in [1.29, 1.82) is 0 Å². The summed E-state index contributed by atoms with van der Waals surface area (Å²) < 4.78 is 42.2. The molecule has 1 nitrogen and oxygen atoms in total. The fourth-order valence-corrected chi connectivity index (χ4v) is 2.63. The van der Waals surface area contributed by atoms with Gasteiger partial charge >= 0.3 is 0 Å². The van der Waals surface area contributed by atoms with Gasteiger partial charge < -0.3 is 5.32 Å². The van der Waals surface area contributed by atoms with E-state index in [-0.39, 0.29) is 21.2 Å². The Hall–Kier alpha value is -0.750. The zero-order chi connectivity index (χ0) is 15.7. The molecule has 0 fully saturated rings. The van der Waals surface area contributed by atoms with Gasteiger partial charge in [-0.1, -0.05) is 29.3 Å². The monoisotopic (exact) mass is 397 g/mol. The maximum atomic E-state index is 14.3. The molecule has 1 N–H and O–H groups in total. The van der Waals surface area contributed by atoms with Crippen molar-refractivity contribution in [3.05, 3.63) is 67.4 Å². The van der Waals surface area contributed by atoms with Crippen LogP contribution in [0.15, 0.2) is 28.7 Å². The minimum absolute atomic E-state index is 0.0586. The number of hydrogen-bond acceptors (Lipinski definition) is 1. The first-order valence-corrected chi connectivity index (χ1v) is 7.36. The van der Waals surface area contributed by atoms with Crippen molar-refractivity contribution in [2.75, 3.05) is 7.05 Å². The van der Waals surface area contributed by atoms with Gasteiger partial charge in [-0.2, -0.15) is 0 Å². The van der Waals surface area contributed by atoms with Crippen LogP contribution in [0.4, 0.5) is 13.2 Å². The van der Waals surface area contributed by atoms with Crippen LogP contribution in [0.1, 0.15) is 17.2 Å². The molecule has 0 heterocycles. The summed E-state index contributed by atoms with van der Waals surface area (Å²) in [5.74, 6) is -2.23. The van der Waals surface area contributed by atoms with Crippen LogP contribution in [0.25, 0.3) is 0 Å². The van der Waals surface area contributed by atoms with Gasteiger partial charge in [0.05, 0.1) is 16.1 Å². The quantitative estimate of drug-likeness (QED) is 0.533. The Balaban J connectivity index is 2.60. The molecule has 7 heteroatoms. The molecule has 0 saturated heterocycles. The van der Waals surface area contributed by atoms with Gasteiger partial charge in [-0.15, -0.1) is 0 Å². The molecule has 0 radical (unpaired) electrons. The Morgan fingerprint density at radius 1 is 1.05 bits per heavy atom. The molecule has 0 aromatic heterocycles. The van der Waals surface area contributed by atoms with E-state index in [0.717, 1.165) is 12.1 Å². The summed E-state index contributed by atoms with van der Waals surface area (Å²) in [6, 6.07) is 3.87. The van der Waals surface area contributed by atoms with Crippen LogP contribution in [0.2, 0.25) is 10.0 Å². The van der Waals surface area contributed by atoms with E-state index in [9.17, 15) is 13.2 Å². The van der Waals surface area contributed by atoms with E-state index in [1.165, 1.54) is 19.2 Å². The van der Waals surface area contributed by atoms with Gasteiger partial charge in [0.1, 0.15) is 17.5 Å². The largest absolute Gasteiger partial charge is 0.309 e. The topological polar surface area (TPSA) is 12.0 Å². The van der Waals surface area contributed by atoms with Crippen molar-refractivity contribution in [2.45, 2.75) is 6.04 Å². The van der Waals surface area contributed by atoms with E-state index in [1.54, 1.807) is 0 Å². The molecule has 2 aromatic carbocycles. The third-order valence-electron chi connectivity index (χ3n) is 3.02. The van der Waals surface area contributed by atoms with Crippen LogP contribution < -0.4 is 5.32 Å². The molecule has 21 heavy (non-hydrogen) atoms. The van der Waals surface area contributed by atoms with Gasteiger partial charge in [0.25, 0.3) is 0 Å². The number of nitrogens with one attached hydrogen (secondary N) is 1. The van der Waals surface area contributed by atoms with Crippen LogP contribution in [0, 0.1) is 17.5 Å². The average molecular weight is 399 g/mol. The summed E-state index contributed by atoms with van der Waals surface area (Å²) >= 11 is 14.4. The molecule has 0 bridgehead atoms. The third kappa shape index (κ3) is 3.21. The van der Waals surface area contributed by atoms with E-state index in [1.807, 2.05) is 0 Å². The second kappa shape index (κ2) is 6.57. The van der Waals surface area contributed by atoms with E-state index >= 15 is 0 Å². The van der Waals surface area contributed by atoms with E-state index in [0.29, 0.717) is 4.47 Å². The zero-order valence-electron chi connectivity index (χ0n) is 10.7. The van der Waals surface area contributed by atoms with Crippen molar-refractivity contribution in [3.63, 3.8) is 0 Å². The first-order valence-electron chi connectivity index (χ1n) is 5.82. The van der Waals surface area contributed by atoms with E-state index in [4.69, 9.17) is 23.2 Å². The van der Waals surface area contributed by atoms with Crippen molar-refractivity contribution >= 4 is 39.1 Å². The smallest absolute Gasteiger partial charge is 0.148 e. The van der Waals surface area contributed by atoms with Crippen molar-refractivity contribution in [3.8, 4) is 0 Å². The van der Waals surface area contributed by atoms with Gasteiger partial charge in [-0.25, -0.2) is 13.2 Å². The Labute approximate surface area is 138 Å². The van der Waals surface area contributed by atoms with Crippen molar-refractivity contribution < 1.29 is 13.2 Å². The Morgan fingerprint density at radius 2 is 1.71 bits per heavy atom. The van der Waals surface area contributed by atoms with Gasteiger partial charge in [-0.3, -0.25) is 0 Å². The highest BCUT2D eigenvalue weighted by atomic mass is 79.9. The Kier molecular flexibility index (Phi) is 5.20. The minimum Gasteiger partial charge on any atom is -0.309 e. The average Bonchev–Trinajstić information content (AvgIpc) is 2.44. The molecule has 1 unspecified atom stereocenters. The van der Waals surface area contributed by atoms with Crippen LogP contribution in [0.5, 0.6) is 0 Å². The normalized spacial score (nSPS) is 12.5. The molecule has 0 amide bonds. The van der Waals surface area contributed by atoms with Crippen molar-refractivity contribution in [2.24, 2.45) is 0 Å². The van der Waals surface area contributed by atoms with Gasteiger partial charge in [0.15, 0.2) is 0 Å². The molecule has 2 rings (SSSR count). The van der Waals surface area contributed by atoms with Gasteiger partial charge in [0, 0.05) is 15.6 Å². The highest BCUT2D eigenvalue weighted by Crippen LogP contribution is 2.34. The lowest BCUT2D eigenvalue weighted by molar-refractivity contribution is 0.537. The molecule has 1 atom stereocenters. The molecule has 112 valence electrons. The highest BCUT2D eigenvalue weighted by Gasteiger charge is 2.23. The first kappa shape index (κ1) is 16.6. The number of benzene rings is 2. The molecule has 2 aromatic rings. The van der Waals surface area contributed by atoms with Crippen LogP contribution in [0.3, 0.4) is 0 Å². The number of hydrogen-bond donors (Lipinski definition) is 1. The third-order valence-corrected chi connectivity index (χ3v) is 4.56. The second-order valence-corrected chi connectivity index (χ2v) is 5.91. The molecular formula is C14H9BrCl2F3N. The first-order chi connectivity index (χ1) is 9.86. The predicted molar refractivity (Wildman–Crippen MR) is 81.4 cm³/mol. The Morgan fingerprint density at radius 3 is 2.33 bits per heavy atom. The lowest BCUT2D eigenvalue weighted by Gasteiger charge is -2.19. The predicted octanol–water partition coefficient (Wildman–Crippen LogP) is 5.48. The van der Waals surface area contributed by atoms with Crippen LogP contribution >= 0.6 is 39.1 Å². The summed E-state index contributed by atoms with van der Waals surface area (Å²) in [5, 5.41) is 2.29. The number of rotatable bonds is 3. The molecule has 0 aliphatic carbocycles. The lowest BCUT2D eigenvalue weighted by atomic mass is 9.97. The second-order valence-electron chi connectivity index (χ2n) is 4.27. The Bertz CT molecular complexity index is 692. The lowest BCUT2D eigenvalue weighted by Crippen LogP contribution is -2.20. The van der Waals surface area contributed by atoms with E-state index < -0.39 is 23.5 Å². The highest BCUT2D eigenvalue weighted by molar-refractivity contribution is 9.10. The van der Waals surface area contributed by atoms with Crippen LogP contribution in [-0.4, -0.2) is 7.05 Å². The summed E-state index contributed by atoms with van der Waals surface area (Å²) in [4.78, 5) is 0. The standard InChI is InChI=1S/C14H9BrCl2F3N/c1-21-14(6-2-3-8(15)12(17)13(6)20)7-4-11(19)9(16)5-10(7)18/h2-5,14,21H,1H3. The molecule has 0 spiro atoms. The molecular weight excluding hydrogens is 390 g/mol. The fourth-order valence-electron chi connectivity index (χ4n) is 2.00. The number of halogens is 6. The van der Waals surface area contributed by atoms with Gasteiger partial charge in [0.2, 0.25) is 0 Å². The minimum atomic E-state index is -0.901. The van der Waals surface area contributed by atoms with Crippen molar-refractivity contribution in [1.82, 2.24) is 5.32 Å². The molecule has 0 aliphatic rings. The SMILES string of the molecule is CNC(c1cc(F)c(Cl)cc1F)c1ccc(Br)c(Cl)c1F. The van der Waals surface area contributed by atoms with E-state index in [2.05, 4.69) is 21.2 Å². The summed E-state index contributed by atoms with van der Waals surface area (Å²) in [6.45, 7) is 0. The summed E-state index contributed by atoms with van der Waals surface area (Å²) in [5.41, 5.74) is 0.0445. The fraction of sp³-hybridized carbons (Fsp3) is 0.143. The molecule has 0 saturated carbocycles. The molecule has 0 aliphatic heterocycles.